The van der Waals surface area contributed by atoms with E-state index in [1.54, 1.807) is 11.3 Å². The van der Waals surface area contributed by atoms with Crippen LogP contribution in [0.4, 0.5) is 0 Å². The Morgan fingerprint density at radius 1 is 1.50 bits per heavy atom. The van der Waals surface area contributed by atoms with Gasteiger partial charge in [0.25, 0.3) is 0 Å². The van der Waals surface area contributed by atoms with Crippen molar-refractivity contribution in [1.29, 1.82) is 0 Å². The largest absolute Gasteiger partial charge is 0.368 e. The van der Waals surface area contributed by atoms with Gasteiger partial charge in [-0.3, -0.25) is 4.90 Å². The summed E-state index contributed by atoms with van der Waals surface area (Å²) in [6.45, 7) is 8.90. The highest BCUT2D eigenvalue weighted by molar-refractivity contribution is 7.11. The molecule has 4 nitrogen and oxygen atoms in total. The molecule has 0 radical (unpaired) electrons. The minimum absolute atomic E-state index is 0.140. The zero-order chi connectivity index (χ0) is 13.0. The van der Waals surface area contributed by atoms with Crippen molar-refractivity contribution < 1.29 is 4.74 Å². The number of nitrogens with zero attached hydrogens (tertiary/aromatic N) is 2. The molecule has 1 aliphatic rings. The van der Waals surface area contributed by atoms with Gasteiger partial charge in [-0.05, 0) is 19.4 Å². The van der Waals surface area contributed by atoms with Gasteiger partial charge in [-0.2, -0.15) is 0 Å². The van der Waals surface area contributed by atoms with Crippen molar-refractivity contribution in [1.82, 2.24) is 9.88 Å². The maximum Gasteiger partial charge on any atom is 0.123 e. The molecule has 2 N–H and O–H groups in total. The van der Waals surface area contributed by atoms with E-state index in [0.717, 1.165) is 43.4 Å². The molecule has 5 heteroatoms. The summed E-state index contributed by atoms with van der Waals surface area (Å²) < 4.78 is 5.86. The molecule has 0 aliphatic carbocycles. The minimum atomic E-state index is 0.140. The first kappa shape index (κ1) is 13.9. The molecular weight excluding hydrogens is 246 g/mol. The third kappa shape index (κ3) is 3.09. The Labute approximate surface area is 113 Å². The minimum Gasteiger partial charge on any atom is -0.368 e. The van der Waals surface area contributed by atoms with Crippen LogP contribution in [0.1, 0.15) is 42.0 Å². The van der Waals surface area contributed by atoms with Crippen molar-refractivity contribution in [3.05, 3.63) is 15.6 Å². The van der Waals surface area contributed by atoms with Crippen LogP contribution in [-0.2, 0) is 17.7 Å². The van der Waals surface area contributed by atoms with E-state index in [-0.39, 0.29) is 6.10 Å². The number of ether oxygens (including phenoxy) is 1. The van der Waals surface area contributed by atoms with E-state index in [0.29, 0.717) is 6.54 Å². The van der Waals surface area contributed by atoms with E-state index in [2.05, 4.69) is 18.7 Å². The van der Waals surface area contributed by atoms with Crippen molar-refractivity contribution >= 4 is 11.3 Å². The first-order valence-electron chi connectivity index (χ1n) is 6.81. The van der Waals surface area contributed by atoms with Crippen molar-refractivity contribution in [2.45, 2.75) is 39.3 Å². The number of hydrogen-bond acceptors (Lipinski definition) is 5. The second-order valence-corrected chi connectivity index (χ2v) is 5.75. The monoisotopic (exact) mass is 269 g/mol. The van der Waals surface area contributed by atoms with Crippen LogP contribution in [0.3, 0.4) is 0 Å². The van der Waals surface area contributed by atoms with Crippen molar-refractivity contribution in [2.24, 2.45) is 5.73 Å². The lowest BCUT2D eigenvalue weighted by molar-refractivity contribution is -0.0299. The standard InChI is InChI=1S/C13H23N3OS/c1-3-5-16-6-7-17-11(9-16)13-15-10(4-2)12(8-14)18-13/h11H,3-9,14H2,1-2H3. The smallest absolute Gasteiger partial charge is 0.123 e. The molecular formula is C13H23N3OS. The Hall–Kier alpha value is -0.490. The van der Waals surface area contributed by atoms with Crippen LogP contribution in [0, 0.1) is 0 Å². The van der Waals surface area contributed by atoms with Gasteiger partial charge in [0.1, 0.15) is 11.1 Å². The first-order chi connectivity index (χ1) is 8.78. The molecule has 0 saturated carbocycles. The lowest BCUT2D eigenvalue weighted by Crippen LogP contribution is -2.38. The van der Waals surface area contributed by atoms with Gasteiger partial charge >= 0.3 is 0 Å². The Morgan fingerprint density at radius 3 is 2.94 bits per heavy atom. The summed E-state index contributed by atoms with van der Waals surface area (Å²) in [6.07, 6.45) is 2.29. The van der Waals surface area contributed by atoms with Crippen LogP contribution in [0.25, 0.3) is 0 Å². The average Bonchev–Trinajstić information content (AvgIpc) is 2.82. The Bertz CT molecular complexity index is 357. The Kier molecular flexibility index (Phi) is 5.12. The van der Waals surface area contributed by atoms with Crippen LogP contribution in [0.5, 0.6) is 0 Å². The molecule has 102 valence electrons. The number of thiazole rings is 1. The summed E-state index contributed by atoms with van der Waals surface area (Å²) in [5.74, 6) is 0. The van der Waals surface area contributed by atoms with E-state index < -0.39 is 0 Å². The van der Waals surface area contributed by atoms with Crippen molar-refractivity contribution in [3.63, 3.8) is 0 Å². The lowest BCUT2D eigenvalue weighted by atomic mass is 10.2. The van der Waals surface area contributed by atoms with Gasteiger partial charge in [-0.25, -0.2) is 4.98 Å². The van der Waals surface area contributed by atoms with Gasteiger partial charge in [0.15, 0.2) is 0 Å². The molecule has 2 rings (SSSR count). The molecule has 18 heavy (non-hydrogen) atoms. The SMILES string of the molecule is CCCN1CCOC(c2nc(CC)c(CN)s2)C1. The Morgan fingerprint density at radius 2 is 2.33 bits per heavy atom. The molecule has 1 unspecified atom stereocenters. The highest BCUT2D eigenvalue weighted by atomic mass is 32.1. The van der Waals surface area contributed by atoms with Gasteiger partial charge in [-0.15, -0.1) is 11.3 Å². The third-order valence-electron chi connectivity index (χ3n) is 3.28. The molecule has 1 fully saturated rings. The predicted molar refractivity (Wildman–Crippen MR) is 74.8 cm³/mol. The molecule has 0 bridgehead atoms. The van der Waals surface area contributed by atoms with Crippen LogP contribution in [0.2, 0.25) is 0 Å². The van der Waals surface area contributed by atoms with Crippen LogP contribution >= 0.6 is 11.3 Å². The van der Waals surface area contributed by atoms with E-state index in [9.17, 15) is 0 Å². The topological polar surface area (TPSA) is 51.4 Å². The molecule has 0 spiro atoms. The van der Waals surface area contributed by atoms with E-state index in [4.69, 9.17) is 15.5 Å². The first-order valence-corrected chi connectivity index (χ1v) is 7.62. The highest BCUT2D eigenvalue weighted by Gasteiger charge is 2.25. The molecule has 1 aliphatic heterocycles. The fraction of sp³-hybridized carbons (Fsp3) is 0.769. The molecule has 2 heterocycles. The van der Waals surface area contributed by atoms with Gasteiger partial charge in [-0.1, -0.05) is 13.8 Å². The highest BCUT2D eigenvalue weighted by Crippen LogP contribution is 2.28. The van der Waals surface area contributed by atoms with E-state index >= 15 is 0 Å². The third-order valence-corrected chi connectivity index (χ3v) is 4.49. The van der Waals surface area contributed by atoms with E-state index in [1.807, 2.05) is 0 Å². The zero-order valence-electron chi connectivity index (χ0n) is 11.3. The fourth-order valence-corrected chi connectivity index (χ4v) is 3.42. The fourth-order valence-electron chi connectivity index (χ4n) is 2.35. The number of aromatic nitrogens is 1. The van der Waals surface area contributed by atoms with Gasteiger partial charge in [0.2, 0.25) is 0 Å². The molecule has 0 amide bonds. The quantitative estimate of drug-likeness (QED) is 0.887. The number of hydrogen-bond donors (Lipinski definition) is 1. The zero-order valence-corrected chi connectivity index (χ0v) is 12.1. The molecule has 1 aromatic rings. The van der Waals surface area contributed by atoms with Crippen LogP contribution in [-0.4, -0.2) is 36.1 Å². The van der Waals surface area contributed by atoms with Crippen LogP contribution < -0.4 is 5.73 Å². The lowest BCUT2D eigenvalue weighted by Gasteiger charge is -2.31. The summed E-state index contributed by atoms with van der Waals surface area (Å²) in [6, 6.07) is 0. The predicted octanol–water partition coefficient (Wildman–Crippen LogP) is 1.95. The van der Waals surface area contributed by atoms with Crippen molar-refractivity contribution in [2.75, 3.05) is 26.2 Å². The normalized spacial score (nSPS) is 21.4. The summed E-state index contributed by atoms with van der Waals surface area (Å²) in [7, 11) is 0. The number of aryl methyl sites for hydroxylation is 1. The second kappa shape index (κ2) is 6.61. The number of rotatable bonds is 5. The van der Waals surface area contributed by atoms with E-state index in [1.165, 1.54) is 11.3 Å². The maximum atomic E-state index is 5.86. The molecule has 1 atom stereocenters. The summed E-state index contributed by atoms with van der Waals surface area (Å²) >= 11 is 1.72. The maximum absolute atomic E-state index is 5.86. The summed E-state index contributed by atoms with van der Waals surface area (Å²) in [5.41, 5.74) is 6.91. The second-order valence-electron chi connectivity index (χ2n) is 4.64. The van der Waals surface area contributed by atoms with Gasteiger partial charge < -0.3 is 10.5 Å². The van der Waals surface area contributed by atoms with Gasteiger partial charge in [0.05, 0.1) is 12.3 Å². The van der Waals surface area contributed by atoms with Gasteiger partial charge in [0, 0.05) is 24.5 Å². The molecule has 0 aromatic carbocycles. The summed E-state index contributed by atoms with van der Waals surface area (Å²) in [5, 5.41) is 1.10. The molecule has 1 saturated heterocycles. The Balaban J connectivity index is 2.08. The van der Waals surface area contributed by atoms with Crippen molar-refractivity contribution in [3.8, 4) is 0 Å². The number of morpholine rings is 1. The average molecular weight is 269 g/mol. The number of nitrogens with two attached hydrogens (primary N) is 1. The summed E-state index contributed by atoms with van der Waals surface area (Å²) in [4.78, 5) is 8.38. The molecule has 1 aromatic heterocycles. The van der Waals surface area contributed by atoms with Crippen LogP contribution in [0.15, 0.2) is 0 Å².